The molecule has 0 amide bonds. The van der Waals surface area contributed by atoms with Crippen LogP contribution in [-0.2, 0) is 0 Å². The summed E-state index contributed by atoms with van der Waals surface area (Å²) in [6, 6.07) is 3.51. The van der Waals surface area contributed by atoms with Crippen molar-refractivity contribution in [2.75, 3.05) is 5.32 Å². The Labute approximate surface area is 119 Å². The minimum absolute atomic E-state index is 0.142. The second-order valence-electron chi connectivity index (χ2n) is 4.37. The van der Waals surface area contributed by atoms with E-state index in [0.29, 0.717) is 5.13 Å². The maximum absolute atomic E-state index is 11.4. The Bertz CT molecular complexity index is 628. The van der Waals surface area contributed by atoms with Crippen molar-refractivity contribution >= 4 is 28.2 Å². The van der Waals surface area contributed by atoms with Crippen LogP contribution in [0.1, 0.15) is 51.6 Å². The molecule has 2 N–H and O–H groups in total. The first-order chi connectivity index (χ1) is 9.38. The molecule has 0 saturated heterocycles. The number of carboxylic acid groups (broad SMARTS) is 1. The molecule has 1 unspecified atom stereocenters. The number of aromatic carboxylic acids is 1. The standard InChI is InChI=1S/C13H14N2O4S/c1-6-4-5-9(19-6)7(2)14-13-15-10(12(17)18)11(20-13)8(3)16/h4-5,7H,1-3H3,(H,14,15)(H,17,18). The number of Topliss-reactive ketones (excluding diaryl/α,β-unsaturated/α-hetero) is 1. The van der Waals surface area contributed by atoms with E-state index in [0.717, 1.165) is 22.9 Å². The van der Waals surface area contributed by atoms with Gasteiger partial charge in [-0.3, -0.25) is 4.79 Å². The summed E-state index contributed by atoms with van der Waals surface area (Å²) in [4.78, 5) is 26.5. The third-order valence-corrected chi connectivity index (χ3v) is 3.76. The zero-order valence-corrected chi connectivity index (χ0v) is 12.1. The highest BCUT2D eigenvalue weighted by atomic mass is 32.1. The number of nitrogens with one attached hydrogen (secondary N) is 1. The van der Waals surface area contributed by atoms with Crippen molar-refractivity contribution < 1.29 is 19.1 Å². The molecule has 0 aliphatic rings. The van der Waals surface area contributed by atoms with Crippen LogP contribution >= 0.6 is 11.3 Å². The summed E-state index contributed by atoms with van der Waals surface area (Å²) in [5, 5.41) is 12.5. The summed E-state index contributed by atoms with van der Waals surface area (Å²) in [7, 11) is 0. The highest BCUT2D eigenvalue weighted by Gasteiger charge is 2.21. The maximum Gasteiger partial charge on any atom is 0.356 e. The smallest absolute Gasteiger partial charge is 0.356 e. The van der Waals surface area contributed by atoms with Gasteiger partial charge >= 0.3 is 5.97 Å². The zero-order chi connectivity index (χ0) is 14.9. The topological polar surface area (TPSA) is 92.4 Å². The van der Waals surface area contributed by atoms with Crippen molar-refractivity contribution in [3.63, 3.8) is 0 Å². The molecule has 7 heteroatoms. The lowest BCUT2D eigenvalue weighted by Gasteiger charge is -2.09. The van der Waals surface area contributed by atoms with Crippen molar-refractivity contribution in [3.05, 3.63) is 34.2 Å². The number of ketones is 1. The number of thiazole rings is 1. The third-order valence-electron chi connectivity index (χ3n) is 2.68. The highest BCUT2D eigenvalue weighted by molar-refractivity contribution is 7.17. The van der Waals surface area contributed by atoms with Crippen LogP contribution in [-0.4, -0.2) is 21.8 Å². The van der Waals surface area contributed by atoms with Crippen molar-refractivity contribution in [1.82, 2.24) is 4.98 Å². The molecular weight excluding hydrogens is 280 g/mol. The van der Waals surface area contributed by atoms with Crippen LogP contribution in [0, 0.1) is 6.92 Å². The van der Waals surface area contributed by atoms with Gasteiger partial charge in [-0.1, -0.05) is 11.3 Å². The van der Waals surface area contributed by atoms with Crippen LogP contribution in [0.4, 0.5) is 5.13 Å². The molecule has 0 fully saturated rings. The molecule has 1 atom stereocenters. The Balaban J connectivity index is 2.23. The third kappa shape index (κ3) is 2.88. The number of carboxylic acids is 1. The fourth-order valence-corrected chi connectivity index (χ4v) is 2.65. The van der Waals surface area contributed by atoms with Crippen molar-refractivity contribution in [3.8, 4) is 0 Å². The fourth-order valence-electron chi connectivity index (χ4n) is 1.71. The summed E-state index contributed by atoms with van der Waals surface area (Å²) in [5.74, 6) is -0.00201. The summed E-state index contributed by atoms with van der Waals surface area (Å²) < 4.78 is 5.48. The van der Waals surface area contributed by atoms with Gasteiger partial charge in [-0.05, 0) is 26.0 Å². The van der Waals surface area contributed by atoms with Crippen LogP contribution in [0.25, 0.3) is 0 Å². The number of carbonyl (C=O) groups excluding carboxylic acids is 1. The largest absolute Gasteiger partial charge is 0.476 e. The minimum Gasteiger partial charge on any atom is -0.476 e. The number of hydrogen-bond donors (Lipinski definition) is 2. The van der Waals surface area contributed by atoms with Crippen LogP contribution in [0.2, 0.25) is 0 Å². The Morgan fingerprint density at radius 3 is 2.60 bits per heavy atom. The molecule has 2 rings (SSSR count). The summed E-state index contributed by atoms with van der Waals surface area (Å²) in [6.45, 7) is 5.03. The monoisotopic (exact) mass is 294 g/mol. The van der Waals surface area contributed by atoms with Crippen molar-refractivity contribution in [2.24, 2.45) is 0 Å². The number of nitrogens with zero attached hydrogens (tertiary/aromatic N) is 1. The van der Waals surface area contributed by atoms with Gasteiger partial charge in [0.1, 0.15) is 16.4 Å². The average Bonchev–Trinajstić information content (AvgIpc) is 2.95. The van der Waals surface area contributed by atoms with E-state index >= 15 is 0 Å². The zero-order valence-electron chi connectivity index (χ0n) is 11.3. The Kier molecular flexibility index (Phi) is 3.89. The first kappa shape index (κ1) is 14.3. The molecule has 0 spiro atoms. The van der Waals surface area contributed by atoms with Crippen LogP contribution < -0.4 is 5.32 Å². The van der Waals surface area contributed by atoms with E-state index < -0.39 is 5.97 Å². The minimum atomic E-state index is -1.21. The number of aromatic nitrogens is 1. The maximum atomic E-state index is 11.4. The second-order valence-corrected chi connectivity index (χ2v) is 5.37. The van der Waals surface area contributed by atoms with Gasteiger partial charge in [0.2, 0.25) is 0 Å². The molecule has 0 aliphatic carbocycles. The number of carbonyl (C=O) groups is 2. The van der Waals surface area contributed by atoms with E-state index in [1.54, 1.807) is 0 Å². The predicted octanol–water partition coefficient (Wildman–Crippen LogP) is 3.12. The van der Waals surface area contributed by atoms with Gasteiger partial charge in [-0.2, -0.15) is 0 Å². The average molecular weight is 294 g/mol. The lowest BCUT2D eigenvalue weighted by atomic mass is 10.2. The van der Waals surface area contributed by atoms with Gasteiger partial charge in [-0.25, -0.2) is 9.78 Å². The Hall–Kier alpha value is -2.15. The molecule has 0 aromatic carbocycles. The molecule has 0 saturated carbocycles. The fraction of sp³-hybridized carbons (Fsp3) is 0.308. The summed E-state index contributed by atoms with van der Waals surface area (Å²) in [6.07, 6.45) is 0. The quantitative estimate of drug-likeness (QED) is 0.823. The van der Waals surface area contributed by atoms with Gasteiger partial charge < -0.3 is 14.8 Å². The predicted molar refractivity (Wildman–Crippen MR) is 74.6 cm³/mol. The van der Waals surface area contributed by atoms with E-state index in [9.17, 15) is 9.59 Å². The van der Waals surface area contributed by atoms with E-state index in [4.69, 9.17) is 9.52 Å². The molecule has 20 heavy (non-hydrogen) atoms. The Morgan fingerprint density at radius 1 is 1.45 bits per heavy atom. The molecule has 0 bridgehead atoms. The lowest BCUT2D eigenvalue weighted by Crippen LogP contribution is -2.06. The summed E-state index contributed by atoms with van der Waals surface area (Å²) in [5.41, 5.74) is -0.215. The first-order valence-corrected chi connectivity index (χ1v) is 6.78. The molecule has 106 valence electrons. The Morgan fingerprint density at radius 2 is 2.15 bits per heavy atom. The second kappa shape index (κ2) is 5.46. The van der Waals surface area contributed by atoms with Crippen molar-refractivity contribution in [2.45, 2.75) is 26.8 Å². The van der Waals surface area contributed by atoms with Crippen LogP contribution in [0.5, 0.6) is 0 Å². The molecule has 0 aliphatic heterocycles. The molecule has 2 aromatic rings. The van der Waals surface area contributed by atoms with E-state index in [1.165, 1.54) is 6.92 Å². The molecule has 6 nitrogen and oxygen atoms in total. The van der Waals surface area contributed by atoms with E-state index in [-0.39, 0.29) is 22.4 Å². The van der Waals surface area contributed by atoms with Crippen LogP contribution in [0.15, 0.2) is 16.5 Å². The van der Waals surface area contributed by atoms with E-state index in [2.05, 4.69) is 10.3 Å². The van der Waals surface area contributed by atoms with Crippen LogP contribution in [0.3, 0.4) is 0 Å². The van der Waals surface area contributed by atoms with Gasteiger partial charge in [0.05, 0.1) is 6.04 Å². The van der Waals surface area contributed by atoms with Crippen molar-refractivity contribution in [1.29, 1.82) is 0 Å². The molecule has 2 heterocycles. The highest BCUT2D eigenvalue weighted by Crippen LogP contribution is 2.27. The van der Waals surface area contributed by atoms with Gasteiger partial charge in [0.15, 0.2) is 16.6 Å². The number of furan rings is 1. The number of aryl methyl sites for hydroxylation is 1. The SMILES string of the molecule is CC(=O)c1sc(NC(C)c2ccc(C)o2)nc1C(=O)O. The van der Waals surface area contributed by atoms with Gasteiger partial charge in [0, 0.05) is 6.92 Å². The first-order valence-electron chi connectivity index (χ1n) is 5.96. The molecule has 2 aromatic heterocycles. The normalized spacial score (nSPS) is 12.2. The summed E-state index contributed by atoms with van der Waals surface area (Å²) >= 11 is 1.03. The van der Waals surface area contributed by atoms with Gasteiger partial charge in [-0.15, -0.1) is 0 Å². The van der Waals surface area contributed by atoms with E-state index in [1.807, 2.05) is 26.0 Å². The number of rotatable bonds is 5. The molecular formula is C13H14N2O4S. The number of anilines is 1. The van der Waals surface area contributed by atoms with Gasteiger partial charge in [0.25, 0.3) is 0 Å². The number of hydrogen-bond acceptors (Lipinski definition) is 6. The lowest BCUT2D eigenvalue weighted by molar-refractivity contribution is 0.0687. The molecule has 0 radical (unpaired) electrons.